The van der Waals surface area contributed by atoms with Gasteiger partial charge in [0.05, 0.1) is 12.2 Å². The van der Waals surface area contributed by atoms with E-state index in [1.165, 1.54) is 24.8 Å². The lowest BCUT2D eigenvalue weighted by Gasteiger charge is -2.72. The van der Waals surface area contributed by atoms with E-state index in [1.807, 2.05) is 0 Å². The molecule has 0 aromatic rings. The average Bonchev–Trinajstić information content (AvgIpc) is 2.74. The second-order valence-electron chi connectivity index (χ2n) is 15.2. The molecule has 0 saturated heterocycles. The summed E-state index contributed by atoms with van der Waals surface area (Å²) in [6.45, 7) is 17.1. The largest absolute Gasteiger partial charge is 0.396 e. The molecule has 0 heterocycles. The van der Waals surface area contributed by atoms with E-state index in [9.17, 15) is 15.3 Å². The van der Waals surface area contributed by atoms with Crippen molar-refractivity contribution in [2.75, 3.05) is 6.61 Å². The van der Waals surface area contributed by atoms with Crippen molar-refractivity contribution < 1.29 is 15.3 Å². The molecule has 5 aliphatic rings. The highest BCUT2D eigenvalue weighted by Crippen LogP contribution is 2.75. The maximum atomic E-state index is 11.9. The molecule has 0 aromatic carbocycles. The summed E-state index contributed by atoms with van der Waals surface area (Å²) in [5.74, 6) is 1.15. The fourth-order valence-corrected chi connectivity index (χ4v) is 10.7. The van der Waals surface area contributed by atoms with Gasteiger partial charge >= 0.3 is 0 Å². The number of allylic oxidation sites excluding steroid dienone is 1. The molecule has 4 fully saturated rings. The number of fused-ring (bicyclic) bond motifs is 7. The zero-order valence-electron chi connectivity index (χ0n) is 22.4. The topological polar surface area (TPSA) is 60.7 Å². The lowest BCUT2D eigenvalue weighted by atomic mass is 9.33. The minimum absolute atomic E-state index is 0.000849. The van der Waals surface area contributed by atoms with Gasteiger partial charge in [-0.1, -0.05) is 60.1 Å². The molecule has 5 rings (SSSR count). The molecule has 0 bridgehead atoms. The van der Waals surface area contributed by atoms with Gasteiger partial charge in [0.15, 0.2) is 0 Å². The van der Waals surface area contributed by atoms with Crippen LogP contribution in [0.4, 0.5) is 0 Å². The van der Waals surface area contributed by atoms with Crippen LogP contribution in [0.5, 0.6) is 0 Å². The minimum atomic E-state index is -0.415. The van der Waals surface area contributed by atoms with E-state index in [2.05, 4.69) is 54.5 Å². The molecule has 0 aromatic heterocycles. The molecule has 0 aliphatic heterocycles. The first-order valence-electron chi connectivity index (χ1n) is 13.9. The highest BCUT2D eigenvalue weighted by molar-refractivity contribution is 5.35. The predicted octanol–water partition coefficient (Wildman–Crippen LogP) is 6.11. The summed E-state index contributed by atoms with van der Waals surface area (Å²) in [7, 11) is 0. The number of rotatable bonds is 1. The summed E-state index contributed by atoms with van der Waals surface area (Å²) in [6, 6.07) is 0. The van der Waals surface area contributed by atoms with E-state index in [0.29, 0.717) is 17.3 Å². The summed E-state index contributed by atoms with van der Waals surface area (Å²) >= 11 is 0. The van der Waals surface area contributed by atoms with Crippen LogP contribution < -0.4 is 0 Å². The smallest absolute Gasteiger partial charge is 0.0762 e. The van der Waals surface area contributed by atoms with Gasteiger partial charge in [-0.3, -0.25) is 0 Å². The van der Waals surface area contributed by atoms with E-state index >= 15 is 0 Å². The number of aliphatic hydroxyl groups excluding tert-OH is 3. The molecule has 3 heteroatoms. The van der Waals surface area contributed by atoms with Crippen molar-refractivity contribution in [3.8, 4) is 0 Å². The summed E-state index contributed by atoms with van der Waals surface area (Å²) in [6.07, 6.45) is 11.6. The molecular formula is C30H50O3. The lowest BCUT2D eigenvalue weighted by Crippen LogP contribution is -2.67. The monoisotopic (exact) mass is 458 g/mol. The fraction of sp³-hybridized carbons (Fsp3) is 0.933. The van der Waals surface area contributed by atoms with Gasteiger partial charge in [0.1, 0.15) is 0 Å². The molecule has 188 valence electrons. The van der Waals surface area contributed by atoms with Crippen molar-refractivity contribution in [1.29, 1.82) is 0 Å². The SMILES string of the molecule is CC1(C)[C@@H](O)CC[C@]2(C)[C@H]3[C@H](O)C=C4[C@@H]5C[C@@](C)(CO)CC[C@]5(C)CC[C@@]4(C)[C@]3(C)CC[C@@H]12. The predicted molar refractivity (Wildman–Crippen MR) is 134 cm³/mol. The van der Waals surface area contributed by atoms with Crippen LogP contribution in [-0.2, 0) is 0 Å². The Bertz CT molecular complexity index is 847. The Hall–Kier alpha value is -0.380. The maximum absolute atomic E-state index is 11.9. The van der Waals surface area contributed by atoms with E-state index in [-0.39, 0.29) is 45.7 Å². The molecule has 0 unspecified atom stereocenters. The first-order valence-corrected chi connectivity index (χ1v) is 13.9. The molecule has 10 atom stereocenters. The van der Waals surface area contributed by atoms with Crippen molar-refractivity contribution >= 4 is 0 Å². The van der Waals surface area contributed by atoms with Crippen LogP contribution in [0.25, 0.3) is 0 Å². The molecule has 0 spiro atoms. The highest BCUT2D eigenvalue weighted by atomic mass is 16.3. The Morgan fingerprint density at radius 1 is 0.848 bits per heavy atom. The first kappa shape index (κ1) is 24.3. The third-order valence-electron chi connectivity index (χ3n) is 13.2. The van der Waals surface area contributed by atoms with Crippen LogP contribution in [0.2, 0.25) is 0 Å². The van der Waals surface area contributed by atoms with Crippen LogP contribution in [-0.4, -0.2) is 34.1 Å². The van der Waals surface area contributed by atoms with Crippen LogP contribution in [0.15, 0.2) is 11.6 Å². The molecule has 0 radical (unpaired) electrons. The van der Waals surface area contributed by atoms with Crippen LogP contribution in [0.3, 0.4) is 0 Å². The second-order valence-corrected chi connectivity index (χ2v) is 15.2. The number of aliphatic hydroxyl groups is 3. The summed E-state index contributed by atoms with van der Waals surface area (Å²) in [5.41, 5.74) is 1.93. The van der Waals surface area contributed by atoms with Gasteiger partial charge in [-0.05, 0) is 102 Å². The number of hydrogen-bond donors (Lipinski definition) is 3. The Kier molecular flexibility index (Phi) is 5.23. The quantitative estimate of drug-likeness (QED) is 0.415. The van der Waals surface area contributed by atoms with Gasteiger partial charge in [-0.25, -0.2) is 0 Å². The van der Waals surface area contributed by atoms with E-state index in [0.717, 1.165) is 38.5 Å². The van der Waals surface area contributed by atoms with Crippen molar-refractivity contribution in [3.05, 3.63) is 11.6 Å². The average molecular weight is 459 g/mol. The second kappa shape index (κ2) is 7.10. The third-order valence-corrected chi connectivity index (χ3v) is 13.2. The molecule has 33 heavy (non-hydrogen) atoms. The van der Waals surface area contributed by atoms with Gasteiger partial charge < -0.3 is 15.3 Å². The fourth-order valence-electron chi connectivity index (χ4n) is 10.7. The van der Waals surface area contributed by atoms with E-state index in [4.69, 9.17) is 0 Å². The Morgan fingerprint density at radius 3 is 2.18 bits per heavy atom. The molecule has 3 nitrogen and oxygen atoms in total. The van der Waals surface area contributed by atoms with Crippen molar-refractivity contribution in [3.63, 3.8) is 0 Å². The van der Waals surface area contributed by atoms with E-state index in [1.54, 1.807) is 0 Å². The Balaban J connectivity index is 1.61. The third kappa shape index (κ3) is 2.97. The zero-order chi connectivity index (χ0) is 24.2. The maximum Gasteiger partial charge on any atom is 0.0762 e. The summed E-state index contributed by atoms with van der Waals surface area (Å²) in [5, 5.41) is 33.0. The summed E-state index contributed by atoms with van der Waals surface area (Å²) in [4.78, 5) is 0. The van der Waals surface area contributed by atoms with Gasteiger partial charge in [0.2, 0.25) is 0 Å². The first-order chi connectivity index (χ1) is 15.2. The molecule has 3 N–H and O–H groups in total. The van der Waals surface area contributed by atoms with E-state index < -0.39 is 6.10 Å². The van der Waals surface area contributed by atoms with Crippen LogP contribution in [0, 0.1) is 50.2 Å². The van der Waals surface area contributed by atoms with Crippen molar-refractivity contribution in [1.82, 2.24) is 0 Å². The Morgan fingerprint density at radius 2 is 1.52 bits per heavy atom. The molecular weight excluding hydrogens is 408 g/mol. The summed E-state index contributed by atoms with van der Waals surface area (Å²) < 4.78 is 0. The standard InChI is InChI=1S/C30H50O3/c1-25(2)22-8-11-30(7)24(28(22,5)10-9-23(25)33)21(32)16-19-20-17-26(3,18-31)12-13-27(20,4)14-15-29(19,30)6/h16,20-24,31-33H,8-15,17-18H2,1-7H3/t20-,21+,22-,23-,24+,26-,27+,28-,29+,30+/m0/s1. The minimum Gasteiger partial charge on any atom is -0.396 e. The highest BCUT2D eigenvalue weighted by Gasteiger charge is 2.69. The van der Waals surface area contributed by atoms with Crippen molar-refractivity contribution in [2.24, 2.45) is 50.2 Å². The van der Waals surface area contributed by atoms with Crippen molar-refractivity contribution in [2.45, 2.75) is 118 Å². The molecule has 5 aliphatic carbocycles. The molecule has 4 saturated carbocycles. The molecule has 0 amide bonds. The zero-order valence-corrected chi connectivity index (χ0v) is 22.4. The van der Waals surface area contributed by atoms with Gasteiger partial charge in [-0.15, -0.1) is 0 Å². The number of hydrogen-bond acceptors (Lipinski definition) is 3. The van der Waals surface area contributed by atoms with Gasteiger partial charge in [0, 0.05) is 12.5 Å². The van der Waals surface area contributed by atoms with Gasteiger partial charge in [-0.2, -0.15) is 0 Å². The van der Waals surface area contributed by atoms with Crippen LogP contribution in [0.1, 0.15) is 106 Å². The lowest BCUT2D eigenvalue weighted by molar-refractivity contribution is -0.224. The van der Waals surface area contributed by atoms with Gasteiger partial charge in [0.25, 0.3) is 0 Å². The normalized spacial score (nSPS) is 57.8. The van der Waals surface area contributed by atoms with Crippen LogP contribution >= 0.6 is 0 Å². The Labute approximate surface area is 202 Å².